The number of carbonyl (C=O) groups excluding carboxylic acids is 2. The predicted octanol–water partition coefficient (Wildman–Crippen LogP) is 1.88. The maximum atomic E-state index is 12.1. The Morgan fingerprint density at radius 1 is 1.10 bits per heavy atom. The lowest BCUT2D eigenvalue weighted by Gasteiger charge is -2.11. The van der Waals surface area contributed by atoms with E-state index in [4.69, 9.17) is 0 Å². The van der Waals surface area contributed by atoms with Crippen molar-refractivity contribution in [3.05, 3.63) is 29.8 Å². The summed E-state index contributed by atoms with van der Waals surface area (Å²) < 4.78 is 26.2. The molecule has 0 aliphatic heterocycles. The first-order valence-corrected chi connectivity index (χ1v) is 8.06. The Labute approximate surface area is 118 Å². The first-order valence-electron chi connectivity index (χ1n) is 6.58. The maximum absolute atomic E-state index is 12.1. The van der Waals surface area contributed by atoms with E-state index in [1.165, 1.54) is 31.2 Å². The third-order valence-electron chi connectivity index (χ3n) is 3.53. The van der Waals surface area contributed by atoms with Crippen LogP contribution in [-0.4, -0.2) is 20.1 Å². The molecule has 0 aromatic heterocycles. The standard InChI is InChI=1S/C14H17NO4S/c1-10(16)11-6-8-13(9-7-11)20(18,19)15-14(17)12-4-2-3-5-12/h6-9,12H,2-5H2,1H3,(H,15,17). The van der Waals surface area contributed by atoms with Crippen LogP contribution in [0, 0.1) is 5.92 Å². The minimum Gasteiger partial charge on any atom is -0.295 e. The van der Waals surface area contributed by atoms with Crippen molar-refractivity contribution in [2.24, 2.45) is 5.92 Å². The van der Waals surface area contributed by atoms with E-state index in [-0.39, 0.29) is 16.6 Å². The molecule has 0 atom stereocenters. The van der Waals surface area contributed by atoms with Gasteiger partial charge in [-0.15, -0.1) is 0 Å². The van der Waals surface area contributed by atoms with Gasteiger partial charge in [0.1, 0.15) is 0 Å². The molecular formula is C14H17NO4S. The topological polar surface area (TPSA) is 80.3 Å². The fourth-order valence-corrected chi connectivity index (χ4v) is 3.38. The smallest absolute Gasteiger partial charge is 0.264 e. The highest BCUT2D eigenvalue weighted by Gasteiger charge is 2.27. The fraction of sp³-hybridized carbons (Fsp3) is 0.429. The molecule has 1 amide bonds. The first-order chi connectivity index (χ1) is 9.40. The number of hydrogen-bond donors (Lipinski definition) is 1. The zero-order chi connectivity index (χ0) is 14.8. The Balaban J connectivity index is 2.13. The van der Waals surface area contributed by atoms with Gasteiger partial charge in [0.2, 0.25) is 5.91 Å². The Bertz CT molecular complexity index is 613. The summed E-state index contributed by atoms with van der Waals surface area (Å²) in [5, 5.41) is 0. The Morgan fingerprint density at radius 3 is 2.15 bits per heavy atom. The number of amides is 1. The zero-order valence-corrected chi connectivity index (χ0v) is 12.1. The zero-order valence-electron chi connectivity index (χ0n) is 11.3. The molecule has 0 spiro atoms. The summed E-state index contributed by atoms with van der Waals surface area (Å²) in [6.07, 6.45) is 3.41. The molecule has 1 aliphatic carbocycles. The van der Waals surface area contributed by atoms with E-state index in [9.17, 15) is 18.0 Å². The summed E-state index contributed by atoms with van der Waals surface area (Å²) in [6, 6.07) is 5.55. The second-order valence-corrected chi connectivity index (χ2v) is 6.71. The van der Waals surface area contributed by atoms with E-state index in [0.29, 0.717) is 5.56 Å². The summed E-state index contributed by atoms with van der Waals surface area (Å²) >= 11 is 0. The molecule has 6 heteroatoms. The molecule has 0 bridgehead atoms. The fourth-order valence-electron chi connectivity index (χ4n) is 2.33. The highest BCUT2D eigenvalue weighted by molar-refractivity contribution is 7.90. The van der Waals surface area contributed by atoms with Gasteiger partial charge in [0.05, 0.1) is 4.90 Å². The summed E-state index contributed by atoms with van der Waals surface area (Å²) in [7, 11) is -3.85. The van der Waals surface area contributed by atoms with Crippen molar-refractivity contribution in [1.82, 2.24) is 4.72 Å². The van der Waals surface area contributed by atoms with Crippen molar-refractivity contribution >= 4 is 21.7 Å². The largest absolute Gasteiger partial charge is 0.295 e. The van der Waals surface area contributed by atoms with Crippen LogP contribution in [0.4, 0.5) is 0 Å². The maximum Gasteiger partial charge on any atom is 0.264 e. The normalized spacial score (nSPS) is 16.1. The van der Waals surface area contributed by atoms with Gasteiger partial charge in [0.25, 0.3) is 10.0 Å². The molecule has 0 saturated heterocycles. The molecule has 1 saturated carbocycles. The van der Waals surface area contributed by atoms with Crippen molar-refractivity contribution in [2.45, 2.75) is 37.5 Å². The quantitative estimate of drug-likeness (QED) is 0.860. The van der Waals surface area contributed by atoms with Crippen molar-refractivity contribution in [3.8, 4) is 0 Å². The highest BCUT2D eigenvalue weighted by Crippen LogP contribution is 2.25. The molecule has 1 aromatic carbocycles. The van der Waals surface area contributed by atoms with Crippen LogP contribution >= 0.6 is 0 Å². The number of nitrogens with one attached hydrogen (secondary N) is 1. The molecular weight excluding hydrogens is 278 g/mol. The highest BCUT2D eigenvalue weighted by atomic mass is 32.2. The number of hydrogen-bond acceptors (Lipinski definition) is 4. The van der Waals surface area contributed by atoms with Crippen LogP contribution in [0.25, 0.3) is 0 Å². The van der Waals surface area contributed by atoms with E-state index in [0.717, 1.165) is 25.7 Å². The van der Waals surface area contributed by atoms with Gasteiger partial charge in [-0.25, -0.2) is 13.1 Å². The number of carbonyl (C=O) groups is 2. The van der Waals surface area contributed by atoms with E-state index in [2.05, 4.69) is 4.72 Å². The molecule has 0 unspecified atom stereocenters. The Hall–Kier alpha value is -1.69. The van der Waals surface area contributed by atoms with E-state index in [1.807, 2.05) is 0 Å². The molecule has 2 rings (SSSR count). The second-order valence-electron chi connectivity index (χ2n) is 5.03. The van der Waals surface area contributed by atoms with Gasteiger partial charge < -0.3 is 0 Å². The minimum absolute atomic E-state index is 0.00570. The molecule has 1 fully saturated rings. The van der Waals surface area contributed by atoms with Crippen LogP contribution in [-0.2, 0) is 14.8 Å². The van der Waals surface area contributed by atoms with E-state index in [1.54, 1.807) is 0 Å². The number of rotatable bonds is 4. The summed E-state index contributed by atoms with van der Waals surface area (Å²) in [4.78, 5) is 23.0. The molecule has 1 aliphatic rings. The molecule has 0 radical (unpaired) electrons. The predicted molar refractivity (Wildman–Crippen MR) is 73.7 cm³/mol. The lowest BCUT2D eigenvalue weighted by atomic mass is 10.1. The average Bonchev–Trinajstić information content (AvgIpc) is 2.92. The van der Waals surface area contributed by atoms with Gasteiger partial charge in [-0.05, 0) is 31.9 Å². The van der Waals surface area contributed by atoms with Crippen LogP contribution in [0.3, 0.4) is 0 Å². The summed E-state index contributed by atoms with van der Waals surface area (Å²) in [6.45, 7) is 1.41. The Kier molecular flexibility index (Phi) is 4.23. The van der Waals surface area contributed by atoms with E-state index >= 15 is 0 Å². The lowest BCUT2D eigenvalue weighted by Crippen LogP contribution is -2.34. The molecule has 1 aromatic rings. The van der Waals surface area contributed by atoms with Gasteiger partial charge in [-0.3, -0.25) is 9.59 Å². The lowest BCUT2D eigenvalue weighted by molar-refractivity contribution is -0.122. The van der Waals surface area contributed by atoms with Crippen LogP contribution in [0.1, 0.15) is 43.0 Å². The second kappa shape index (κ2) is 5.75. The molecule has 0 heterocycles. The van der Waals surface area contributed by atoms with Gasteiger partial charge in [-0.2, -0.15) is 0 Å². The monoisotopic (exact) mass is 295 g/mol. The Morgan fingerprint density at radius 2 is 1.65 bits per heavy atom. The van der Waals surface area contributed by atoms with Gasteiger partial charge in [-0.1, -0.05) is 25.0 Å². The molecule has 5 nitrogen and oxygen atoms in total. The van der Waals surface area contributed by atoms with Crippen molar-refractivity contribution < 1.29 is 18.0 Å². The summed E-state index contributed by atoms with van der Waals surface area (Å²) in [5.41, 5.74) is 0.436. The number of Topliss-reactive ketones (excluding diaryl/α,β-unsaturated/α-hetero) is 1. The van der Waals surface area contributed by atoms with Gasteiger partial charge >= 0.3 is 0 Å². The average molecular weight is 295 g/mol. The minimum atomic E-state index is -3.85. The third kappa shape index (κ3) is 3.25. The number of sulfonamides is 1. The molecule has 108 valence electrons. The van der Waals surface area contributed by atoms with Gasteiger partial charge in [0.15, 0.2) is 5.78 Å². The van der Waals surface area contributed by atoms with E-state index < -0.39 is 15.9 Å². The number of benzene rings is 1. The van der Waals surface area contributed by atoms with Gasteiger partial charge in [0, 0.05) is 11.5 Å². The summed E-state index contributed by atoms with van der Waals surface area (Å²) in [5.74, 6) is -0.775. The first kappa shape index (κ1) is 14.7. The van der Waals surface area contributed by atoms with Crippen LogP contribution < -0.4 is 4.72 Å². The number of ketones is 1. The van der Waals surface area contributed by atoms with Crippen LogP contribution in [0.15, 0.2) is 29.2 Å². The van der Waals surface area contributed by atoms with Crippen molar-refractivity contribution in [3.63, 3.8) is 0 Å². The molecule has 1 N–H and O–H groups in total. The van der Waals surface area contributed by atoms with Crippen LogP contribution in [0.2, 0.25) is 0 Å². The third-order valence-corrected chi connectivity index (χ3v) is 4.89. The van der Waals surface area contributed by atoms with Crippen LogP contribution in [0.5, 0.6) is 0 Å². The molecule has 20 heavy (non-hydrogen) atoms. The van der Waals surface area contributed by atoms with Crippen molar-refractivity contribution in [2.75, 3.05) is 0 Å². The van der Waals surface area contributed by atoms with Crippen molar-refractivity contribution in [1.29, 1.82) is 0 Å². The SMILES string of the molecule is CC(=O)c1ccc(S(=O)(=O)NC(=O)C2CCCC2)cc1.